The van der Waals surface area contributed by atoms with Gasteiger partial charge in [0.2, 0.25) is 0 Å². The Bertz CT molecular complexity index is 514. The van der Waals surface area contributed by atoms with Crippen molar-refractivity contribution in [3.05, 3.63) is 38.4 Å². The van der Waals surface area contributed by atoms with E-state index < -0.39 is 9.85 Å². The summed E-state index contributed by atoms with van der Waals surface area (Å²) in [5, 5.41) is 24.7. The van der Waals surface area contributed by atoms with Crippen molar-refractivity contribution in [3.8, 4) is 0 Å². The summed E-state index contributed by atoms with van der Waals surface area (Å²) in [6.07, 6.45) is 3.43. The number of nitrogens with one attached hydrogen (secondary N) is 1. The van der Waals surface area contributed by atoms with Crippen LogP contribution < -0.4 is 5.32 Å². The average molecular weight is 265 g/mol. The van der Waals surface area contributed by atoms with Gasteiger partial charge >= 0.3 is 0 Å². The maximum absolute atomic E-state index is 11.0. The van der Waals surface area contributed by atoms with Crippen LogP contribution in [-0.2, 0) is 0 Å². The van der Waals surface area contributed by atoms with Gasteiger partial charge in [-0.2, -0.15) is 0 Å². The highest BCUT2D eigenvalue weighted by Crippen LogP contribution is 2.34. The van der Waals surface area contributed by atoms with Crippen molar-refractivity contribution in [2.75, 3.05) is 5.32 Å². The summed E-state index contributed by atoms with van der Waals surface area (Å²) >= 11 is 0. The molecule has 0 bridgehead atoms. The lowest BCUT2D eigenvalue weighted by Crippen LogP contribution is -2.31. The highest BCUT2D eigenvalue weighted by molar-refractivity contribution is 5.65. The van der Waals surface area contributed by atoms with Gasteiger partial charge in [-0.05, 0) is 31.7 Å². The minimum Gasteiger partial charge on any atom is -0.377 e. The fourth-order valence-electron chi connectivity index (χ4n) is 2.21. The van der Waals surface area contributed by atoms with E-state index in [2.05, 4.69) is 5.32 Å². The minimum atomic E-state index is -0.633. The predicted octanol–water partition coefficient (Wildman–Crippen LogP) is 3.10. The molecule has 1 N–H and O–H groups in total. The van der Waals surface area contributed by atoms with Crippen LogP contribution >= 0.6 is 0 Å². The molecule has 1 aliphatic carbocycles. The number of benzene rings is 1. The molecule has 1 saturated carbocycles. The molecular weight excluding hydrogens is 250 g/mol. The fraction of sp³-hybridized carbons (Fsp3) is 0.500. The van der Waals surface area contributed by atoms with Crippen LogP contribution in [0.5, 0.6) is 0 Å². The lowest BCUT2D eigenvalue weighted by Gasteiger charge is -2.32. The Kier molecular flexibility index (Phi) is 3.64. The standard InChI is InChI=1S/C12H15N3O4/c1-8(9-3-2-4-9)13-11-6-5-10(14(16)17)7-12(11)15(18)19/h5-9,13H,2-4H2,1H3. The number of nitro benzene ring substituents is 2. The van der Waals surface area contributed by atoms with E-state index in [0.717, 1.165) is 18.9 Å². The lowest BCUT2D eigenvalue weighted by atomic mass is 9.80. The first-order valence-electron chi connectivity index (χ1n) is 6.18. The topological polar surface area (TPSA) is 98.3 Å². The average Bonchev–Trinajstić information content (AvgIpc) is 2.26. The minimum absolute atomic E-state index is 0.133. The molecule has 0 radical (unpaired) electrons. The third-order valence-electron chi connectivity index (χ3n) is 3.63. The van der Waals surface area contributed by atoms with E-state index in [1.54, 1.807) is 0 Å². The number of non-ortho nitro benzene ring substituents is 1. The molecule has 0 aliphatic heterocycles. The third kappa shape index (κ3) is 2.81. The molecule has 19 heavy (non-hydrogen) atoms. The normalized spacial score (nSPS) is 16.5. The molecule has 2 rings (SSSR count). The molecule has 1 unspecified atom stereocenters. The summed E-state index contributed by atoms with van der Waals surface area (Å²) < 4.78 is 0. The smallest absolute Gasteiger partial charge is 0.299 e. The number of hydrogen-bond acceptors (Lipinski definition) is 5. The first-order chi connectivity index (χ1) is 8.99. The monoisotopic (exact) mass is 265 g/mol. The zero-order chi connectivity index (χ0) is 14.0. The van der Waals surface area contributed by atoms with Crippen molar-refractivity contribution >= 4 is 17.1 Å². The van der Waals surface area contributed by atoms with Crippen LogP contribution in [-0.4, -0.2) is 15.9 Å². The summed E-state index contributed by atoms with van der Waals surface area (Å²) in [6.45, 7) is 1.98. The molecule has 102 valence electrons. The Hall–Kier alpha value is -2.18. The molecule has 0 amide bonds. The maximum Gasteiger partial charge on any atom is 0.299 e. The van der Waals surface area contributed by atoms with E-state index in [-0.39, 0.29) is 17.4 Å². The first-order valence-corrected chi connectivity index (χ1v) is 6.18. The van der Waals surface area contributed by atoms with Gasteiger partial charge in [-0.3, -0.25) is 20.2 Å². The van der Waals surface area contributed by atoms with Crippen LogP contribution in [0.4, 0.5) is 17.1 Å². The van der Waals surface area contributed by atoms with Gasteiger partial charge in [-0.1, -0.05) is 6.42 Å². The highest BCUT2D eigenvalue weighted by atomic mass is 16.6. The molecule has 1 atom stereocenters. The number of anilines is 1. The van der Waals surface area contributed by atoms with Gasteiger partial charge in [0.15, 0.2) is 0 Å². The molecule has 0 saturated heterocycles. The van der Waals surface area contributed by atoms with Gasteiger partial charge in [0.25, 0.3) is 11.4 Å². The van der Waals surface area contributed by atoms with Gasteiger partial charge in [0.05, 0.1) is 15.9 Å². The molecule has 1 aliphatic rings. The summed E-state index contributed by atoms with van der Waals surface area (Å²) in [4.78, 5) is 20.4. The van der Waals surface area contributed by atoms with Crippen molar-refractivity contribution in [2.24, 2.45) is 5.92 Å². The Morgan fingerprint density at radius 1 is 1.26 bits per heavy atom. The van der Waals surface area contributed by atoms with E-state index in [0.29, 0.717) is 11.6 Å². The fourth-order valence-corrected chi connectivity index (χ4v) is 2.21. The molecule has 1 aromatic rings. The highest BCUT2D eigenvalue weighted by Gasteiger charge is 2.26. The van der Waals surface area contributed by atoms with Crippen molar-refractivity contribution in [1.82, 2.24) is 0 Å². The molecular formula is C12H15N3O4. The van der Waals surface area contributed by atoms with E-state index in [4.69, 9.17) is 0 Å². The van der Waals surface area contributed by atoms with Crippen LogP contribution in [0, 0.1) is 26.1 Å². The summed E-state index contributed by atoms with van der Waals surface area (Å²) in [5.41, 5.74) is -0.177. The number of nitrogens with zero attached hydrogens (tertiary/aromatic N) is 2. The SMILES string of the molecule is CC(Nc1ccc([N+](=O)[O-])cc1[N+](=O)[O-])C1CCC1. The van der Waals surface area contributed by atoms with Crippen LogP contribution in [0.25, 0.3) is 0 Å². The van der Waals surface area contributed by atoms with E-state index in [1.807, 2.05) is 6.92 Å². The first kappa shape index (κ1) is 13.3. The molecule has 1 fully saturated rings. The zero-order valence-electron chi connectivity index (χ0n) is 10.5. The van der Waals surface area contributed by atoms with Gasteiger partial charge in [-0.15, -0.1) is 0 Å². The second-order valence-corrected chi connectivity index (χ2v) is 4.84. The second-order valence-electron chi connectivity index (χ2n) is 4.84. The van der Waals surface area contributed by atoms with Crippen molar-refractivity contribution in [3.63, 3.8) is 0 Å². The third-order valence-corrected chi connectivity index (χ3v) is 3.63. The van der Waals surface area contributed by atoms with Crippen molar-refractivity contribution in [1.29, 1.82) is 0 Å². The van der Waals surface area contributed by atoms with Crippen LogP contribution in [0.1, 0.15) is 26.2 Å². The van der Waals surface area contributed by atoms with E-state index >= 15 is 0 Å². The second kappa shape index (κ2) is 5.21. The molecule has 0 aromatic heterocycles. The molecule has 7 nitrogen and oxygen atoms in total. The summed E-state index contributed by atoms with van der Waals surface area (Å²) in [7, 11) is 0. The van der Waals surface area contributed by atoms with Crippen LogP contribution in [0.15, 0.2) is 18.2 Å². The quantitative estimate of drug-likeness (QED) is 0.651. The Morgan fingerprint density at radius 2 is 1.95 bits per heavy atom. The number of hydrogen-bond donors (Lipinski definition) is 1. The molecule has 7 heteroatoms. The summed E-state index contributed by atoms with van der Waals surface area (Å²) in [6, 6.07) is 3.82. The Balaban J connectivity index is 2.23. The molecule has 1 aromatic carbocycles. The van der Waals surface area contributed by atoms with Gasteiger partial charge in [-0.25, -0.2) is 0 Å². The Labute approximate surface area is 109 Å². The predicted molar refractivity (Wildman–Crippen MR) is 70.2 cm³/mol. The lowest BCUT2D eigenvalue weighted by molar-refractivity contribution is -0.393. The van der Waals surface area contributed by atoms with Crippen LogP contribution in [0.3, 0.4) is 0 Å². The van der Waals surface area contributed by atoms with Gasteiger partial charge in [0, 0.05) is 12.1 Å². The molecule has 0 spiro atoms. The summed E-state index contributed by atoms with van der Waals surface area (Å²) in [5.74, 6) is 0.523. The van der Waals surface area contributed by atoms with E-state index in [1.165, 1.54) is 18.6 Å². The van der Waals surface area contributed by atoms with Crippen LogP contribution in [0.2, 0.25) is 0 Å². The number of nitro groups is 2. The van der Waals surface area contributed by atoms with Crippen molar-refractivity contribution < 1.29 is 9.85 Å². The van der Waals surface area contributed by atoms with Crippen molar-refractivity contribution in [2.45, 2.75) is 32.2 Å². The number of rotatable bonds is 5. The zero-order valence-corrected chi connectivity index (χ0v) is 10.5. The largest absolute Gasteiger partial charge is 0.377 e. The van der Waals surface area contributed by atoms with Gasteiger partial charge < -0.3 is 5.32 Å². The maximum atomic E-state index is 11.0. The van der Waals surface area contributed by atoms with E-state index in [9.17, 15) is 20.2 Å². The molecule has 0 heterocycles. The Morgan fingerprint density at radius 3 is 2.42 bits per heavy atom. The van der Waals surface area contributed by atoms with Gasteiger partial charge in [0.1, 0.15) is 5.69 Å².